The molecule has 0 saturated heterocycles. The monoisotopic (exact) mass is 114 g/mol. The minimum Gasteiger partial charge on any atom is -0.465 e. The van der Waals surface area contributed by atoms with Crippen LogP contribution in [0.15, 0.2) is 12.3 Å². The summed E-state index contributed by atoms with van der Waals surface area (Å²) in [6, 6.07) is 0. The van der Waals surface area contributed by atoms with Crippen molar-refractivity contribution in [3.05, 3.63) is 12.3 Å². The van der Waals surface area contributed by atoms with Gasteiger partial charge in [0.05, 0.1) is 12.7 Å². The van der Waals surface area contributed by atoms with Crippen LogP contribution in [-0.4, -0.2) is 12.8 Å². The summed E-state index contributed by atoms with van der Waals surface area (Å²) in [7, 11) is 0. The minimum absolute atomic E-state index is 0.0509. The summed E-state index contributed by atoms with van der Waals surface area (Å²) in [6.45, 7) is 0.0509. The molecule has 0 spiro atoms. The van der Waals surface area contributed by atoms with Crippen LogP contribution in [0.5, 0.6) is 0 Å². The zero-order valence-electron chi connectivity index (χ0n) is 4.29. The first-order chi connectivity index (χ1) is 3.89. The van der Waals surface area contributed by atoms with Crippen LogP contribution in [0.1, 0.15) is 6.42 Å². The topological polar surface area (TPSA) is 35.5 Å². The summed E-state index contributed by atoms with van der Waals surface area (Å²) < 4.78 is 9.12. The molecule has 0 N–H and O–H groups in total. The Balaban J connectivity index is 2.41. The van der Waals surface area contributed by atoms with Gasteiger partial charge in [-0.15, -0.1) is 0 Å². The lowest BCUT2D eigenvalue weighted by Gasteiger charge is -1.95. The Labute approximate surface area is 46.9 Å². The van der Waals surface area contributed by atoms with E-state index in [-0.39, 0.29) is 12.8 Å². The molecule has 0 aromatic rings. The predicted molar refractivity (Wildman–Crippen MR) is 25.8 cm³/mol. The second-order valence-corrected chi connectivity index (χ2v) is 1.38. The summed E-state index contributed by atoms with van der Waals surface area (Å²) >= 11 is 0. The van der Waals surface area contributed by atoms with Crippen LogP contribution in [0.25, 0.3) is 0 Å². The van der Waals surface area contributed by atoms with Gasteiger partial charge in [-0.1, -0.05) is 0 Å². The highest BCUT2D eigenvalue weighted by atomic mass is 16.7. The molecule has 44 valence electrons. The fourth-order valence-electron chi connectivity index (χ4n) is 0.410. The van der Waals surface area contributed by atoms with Gasteiger partial charge in [0.1, 0.15) is 0 Å². The second-order valence-electron chi connectivity index (χ2n) is 1.38. The molecule has 0 unspecified atom stereocenters. The van der Waals surface area contributed by atoms with Crippen molar-refractivity contribution in [2.24, 2.45) is 0 Å². The number of carbonyl (C=O) groups is 1. The number of esters is 1. The number of cyclic esters (lactones) is 1. The lowest BCUT2D eigenvalue weighted by atomic mass is 10.4. The van der Waals surface area contributed by atoms with Crippen LogP contribution in [0.2, 0.25) is 0 Å². The van der Waals surface area contributed by atoms with Gasteiger partial charge in [0.2, 0.25) is 6.79 Å². The first-order valence-corrected chi connectivity index (χ1v) is 2.32. The van der Waals surface area contributed by atoms with E-state index in [2.05, 4.69) is 9.47 Å². The molecule has 0 atom stereocenters. The van der Waals surface area contributed by atoms with Gasteiger partial charge < -0.3 is 9.47 Å². The van der Waals surface area contributed by atoms with E-state index < -0.39 is 0 Å². The standard InChI is InChI=1S/C5H6O3/c6-5-2-1-3-7-4-8-5/h1,3H,2,4H2. The summed E-state index contributed by atoms with van der Waals surface area (Å²) in [4.78, 5) is 10.3. The van der Waals surface area contributed by atoms with Crippen LogP contribution in [-0.2, 0) is 14.3 Å². The van der Waals surface area contributed by atoms with Gasteiger partial charge >= 0.3 is 5.97 Å². The number of rotatable bonds is 0. The van der Waals surface area contributed by atoms with Crippen LogP contribution in [0.4, 0.5) is 0 Å². The van der Waals surface area contributed by atoms with E-state index in [1.165, 1.54) is 6.26 Å². The van der Waals surface area contributed by atoms with Crippen LogP contribution in [0.3, 0.4) is 0 Å². The number of hydrogen-bond donors (Lipinski definition) is 0. The van der Waals surface area contributed by atoms with Gasteiger partial charge in [0.15, 0.2) is 0 Å². The first-order valence-electron chi connectivity index (χ1n) is 2.32. The molecule has 1 aliphatic heterocycles. The molecule has 1 rings (SSSR count). The van der Waals surface area contributed by atoms with Crippen LogP contribution < -0.4 is 0 Å². The van der Waals surface area contributed by atoms with Crippen molar-refractivity contribution in [2.45, 2.75) is 6.42 Å². The van der Waals surface area contributed by atoms with Gasteiger partial charge in [-0.25, -0.2) is 0 Å². The summed E-state index contributed by atoms with van der Waals surface area (Å²) in [5.41, 5.74) is 0. The molecule has 8 heavy (non-hydrogen) atoms. The number of hydrogen-bond acceptors (Lipinski definition) is 3. The van der Waals surface area contributed by atoms with E-state index in [4.69, 9.17) is 0 Å². The molecule has 3 nitrogen and oxygen atoms in total. The summed E-state index contributed by atoms with van der Waals surface area (Å²) in [6.07, 6.45) is 3.40. The van der Waals surface area contributed by atoms with E-state index in [1.54, 1.807) is 6.08 Å². The average molecular weight is 114 g/mol. The quantitative estimate of drug-likeness (QED) is 0.428. The second kappa shape index (κ2) is 2.35. The van der Waals surface area contributed by atoms with Crippen molar-refractivity contribution >= 4 is 5.97 Å². The molecule has 0 bridgehead atoms. The number of carbonyl (C=O) groups excluding carboxylic acids is 1. The SMILES string of the molecule is O=C1CC=COCO1. The van der Waals surface area contributed by atoms with Gasteiger partial charge in [0, 0.05) is 0 Å². The molecular weight excluding hydrogens is 108 g/mol. The molecule has 1 heterocycles. The van der Waals surface area contributed by atoms with E-state index in [1.807, 2.05) is 0 Å². The summed E-state index contributed by atoms with van der Waals surface area (Å²) in [5, 5.41) is 0. The molecule has 0 fully saturated rings. The van der Waals surface area contributed by atoms with E-state index >= 15 is 0 Å². The molecule has 0 amide bonds. The molecule has 0 saturated carbocycles. The maximum Gasteiger partial charge on any atom is 0.312 e. The fourth-order valence-corrected chi connectivity index (χ4v) is 0.410. The third kappa shape index (κ3) is 1.26. The predicted octanol–water partition coefficient (Wildman–Crippen LogP) is 0.421. The van der Waals surface area contributed by atoms with Crippen molar-refractivity contribution in [2.75, 3.05) is 6.79 Å². The van der Waals surface area contributed by atoms with Crippen molar-refractivity contribution in [3.8, 4) is 0 Å². The van der Waals surface area contributed by atoms with Crippen molar-refractivity contribution in [1.82, 2.24) is 0 Å². The van der Waals surface area contributed by atoms with Crippen LogP contribution >= 0.6 is 0 Å². The Morgan fingerprint density at radius 1 is 1.62 bits per heavy atom. The fraction of sp³-hybridized carbons (Fsp3) is 0.400. The average Bonchev–Trinajstić information content (AvgIpc) is 1.94. The maximum absolute atomic E-state index is 10.3. The Hall–Kier alpha value is -0.990. The Morgan fingerprint density at radius 3 is 3.38 bits per heavy atom. The minimum atomic E-state index is -0.237. The Kier molecular flexibility index (Phi) is 1.51. The third-order valence-electron chi connectivity index (χ3n) is 0.765. The van der Waals surface area contributed by atoms with Crippen molar-refractivity contribution in [3.63, 3.8) is 0 Å². The Morgan fingerprint density at radius 2 is 2.50 bits per heavy atom. The van der Waals surface area contributed by atoms with Crippen molar-refractivity contribution in [1.29, 1.82) is 0 Å². The normalized spacial score (nSPS) is 18.8. The molecule has 0 radical (unpaired) electrons. The van der Waals surface area contributed by atoms with E-state index in [0.29, 0.717) is 6.42 Å². The number of ether oxygens (including phenoxy) is 2. The smallest absolute Gasteiger partial charge is 0.312 e. The molecular formula is C5H6O3. The van der Waals surface area contributed by atoms with Gasteiger partial charge in [-0.2, -0.15) is 0 Å². The molecule has 1 aliphatic rings. The maximum atomic E-state index is 10.3. The van der Waals surface area contributed by atoms with Gasteiger partial charge in [0.25, 0.3) is 0 Å². The molecule has 3 heteroatoms. The largest absolute Gasteiger partial charge is 0.465 e. The molecule has 0 aromatic heterocycles. The Bertz CT molecular complexity index is 117. The van der Waals surface area contributed by atoms with Gasteiger partial charge in [-0.3, -0.25) is 4.79 Å². The highest BCUT2D eigenvalue weighted by Crippen LogP contribution is 1.94. The zero-order valence-corrected chi connectivity index (χ0v) is 4.29. The first kappa shape index (κ1) is 5.15. The molecule has 0 aromatic carbocycles. The lowest BCUT2D eigenvalue weighted by Crippen LogP contribution is -2.01. The van der Waals surface area contributed by atoms with E-state index in [0.717, 1.165) is 0 Å². The lowest BCUT2D eigenvalue weighted by molar-refractivity contribution is -0.149. The molecule has 0 aliphatic carbocycles. The third-order valence-corrected chi connectivity index (χ3v) is 0.765. The van der Waals surface area contributed by atoms with Crippen LogP contribution in [0, 0.1) is 0 Å². The highest BCUT2D eigenvalue weighted by molar-refractivity contribution is 5.71. The van der Waals surface area contributed by atoms with Gasteiger partial charge in [-0.05, 0) is 6.08 Å². The zero-order chi connectivity index (χ0) is 5.82. The summed E-state index contributed by atoms with van der Waals surface area (Å²) in [5.74, 6) is -0.237. The van der Waals surface area contributed by atoms with E-state index in [9.17, 15) is 4.79 Å². The highest BCUT2D eigenvalue weighted by Gasteiger charge is 2.00. The van der Waals surface area contributed by atoms with Crippen molar-refractivity contribution < 1.29 is 14.3 Å².